The van der Waals surface area contributed by atoms with Gasteiger partial charge in [0.05, 0.1) is 5.69 Å². The van der Waals surface area contributed by atoms with Gasteiger partial charge >= 0.3 is 0 Å². The molecule has 0 radical (unpaired) electrons. The average molecular weight is 234 g/mol. The Kier molecular flexibility index (Phi) is 2.69. The fourth-order valence-corrected chi connectivity index (χ4v) is 2.12. The van der Waals surface area contributed by atoms with Gasteiger partial charge in [-0.3, -0.25) is 4.98 Å². The molecule has 3 rings (SSSR count). The van der Waals surface area contributed by atoms with Crippen molar-refractivity contribution >= 4 is 23.1 Å². The standard InChI is InChI=1S/C16H14N2/c1-18-15(10-9-14-7-4-5-11-17-14)12-13-6-2-3-8-16(13)18/h2-12H,1H3. The van der Waals surface area contributed by atoms with Crippen LogP contribution in [0.3, 0.4) is 0 Å². The minimum atomic E-state index is 0.975. The molecule has 0 unspecified atom stereocenters. The molecule has 0 saturated heterocycles. The maximum absolute atomic E-state index is 4.28. The van der Waals surface area contributed by atoms with E-state index in [1.54, 1.807) is 6.20 Å². The summed E-state index contributed by atoms with van der Waals surface area (Å²) >= 11 is 0. The number of pyridine rings is 1. The molecular weight excluding hydrogens is 220 g/mol. The number of para-hydroxylation sites is 1. The first-order valence-corrected chi connectivity index (χ1v) is 5.98. The molecule has 0 fully saturated rings. The number of hydrogen-bond donors (Lipinski definition) is 0. The average Bonchev–Trinajstić information content (AvgIpc) is 2.75. The number of aryl methyl sites for hydroxylation is 1. The van der Waals surface area contributed by atoms with E-state index in [0.717, 1.165) is 5.69 Å². The summed E-state index contributed by atoms with van der Waals surface area (Å²) in [5, 5.41) is 1.26. The third-order valence-corrected chi connectivity index (χ3v) is 3.10. The molecule has 2 heteroatoms. The van der Waals surface area contributed by atoms with Gasteiger partial charge < -0.3 is 4.57 Å². The lowest BCUT2D eigenvalue weighted by Gasteiger charge is -1.98. The van der Waals surface area contributed by atoms with Gasteiger partial charge in [-0.25, -0.2) is 0 Å². The molecule has 0 N–H and O–H groups in total. The molecule has 2 aromatic heterocycles. The Morgan fingerprint density at radius 3 is 2.61 bits per heavy atom. The summed E-state index contributed by atoms with van der Waals surface area (Å²) in [6.45, 7) is 0. The van der Waals surface area contributed by atoms with Gasteiger partial charge in [0, 0.05) is 29.8 Å². The van der Waals surface area contributed by atoms with Crippen molar-refractivity contribution in [3.05, 3.63) is 66.1 Å². The highest BCUT2D eigenvalue weighted by molar-refractivity contribution is 5.85. The summed E-state index contributed by atoms with van der Waals surface area (Å²) in [5.41, 5.74) is 3.41. The second-order valence-electron chi connectivity index (χ2n) is 4.27. The van der Waals surface area contributed by atoms with Crippen LogP contribution in [-0.4, -0.2) is 9.55 Å². The van der Waals surface area contributed by atoms with Gasteiger partial charge in [0.2, 0.25) is 0 Å². The van der Waals surface area contributed by atoms with E-state index in [2.05, 4.69) is 53.0 Å². The highest BCUT2D eigenvalue weighted by atomic mass is 14.9. The minimum absolute atomic E-state index is 0.975. The van der Waals surface area contributed by atoms with E-state index in [1.807, 2.05) is 24.3 Å². The van der Waals surface area contributed by atoms with Gasteiger partial charge in [-0.05, 0) is 36.4 Å². The van der Waals surface area contributed by atoms with Gasteiger partial charge in [0.1, 0.15) is 0 Å². The molecule has 0 spiro atoms. The maximum atomic E-state index is 4.28. The monoisotopic (exact) mass is 234 g/mol. The molecule has 0 aliphatic carbocycles. The Morgan fingerprint density at radius 2 is 1.83 bits per heavy atom. The van der Waals surface area contributed by atoms with Crippen molar-refractivity contribution in [2.75, 3.05) is 0 Å². The minimum Gasteiger partial charge on any atom is -0.344 e. The molecule has 88 valence electrons. The quantitative estimate of drug-likeness (QED) is 0.660. The van der Waals surface area contributed by atoms with E-state index >= 15 is 0 Å². The number of rotatable bonds is 2. The third kappa shape index (κ3) is 1.93. The zero-order chi connectivity index (χ0) is 12.4. The highest BCUT2D eigenvalue weighted by Gasteiger charge is 2.01. The summed E-state index contributed by atoms with van der Waals surface area (Å²) in [7, 11) is 2.08. The Balaban J connectivity index is 2.00. The smallest absolute Gasteiger partial charge is 0.0630 e. The van der Waals surface area contributed by atoms with E-state index in [9.17, 15) is 0 Å². The van der Waals surface area contributed by atoms with Crippen molar-refractivity contribution in [2.45, 2.75) is 0 Å². The lowest BCUT2D eigenvalue weighted by Crippen LogP contribution is -1.89. The van der Waals surface area contributed by atoms with Gasteiger partial charge in [-0.15, -0.1) is 0 Å². The number of fused-ring (bicyclic) bond motifs is 1. The van der Waals surface area contributed by atoms with Crippen LogP contribution in [0.15, 0.2) is 54.7 Å². The van der Waals surface area contributed by atoms with Gasteiger partial charge in [0.25, 0.3) is 0 Å². The molecule has 0 aliphatic heterocycles. The molecule has 18 heavy (non-hydrogen) atoms. The Hall–Kier alpha value is -2.35. The molecule has 0 aliphatic rings. The van der Waals surface area contributed by atoms with E-state index in [-0.39, 0.29) is 0 Å². The Morgan fingerprint density at radius 1 is 1.00 bits per heavy atom. The molecular formula is C16H14N2. The number of nitrogens with zero attached hydrogens (tertiary/aromatic N) is 2. The second kappa shape index (κ2) is 4.49. The van der Waals surface area contributed by atoms with Gasteiger partial charge in [0.15, 0.2) is 0 Å². The summed E-state index contributed by atoms with van der Waals surface area (Å²) in [6.07, 6.45) is 5.94. The van der Waals surface area contributed by atoms with E-state index in [0.29, 0.717) is 0 Å². The van der Waals surface area contributed by atoms with Crippen LogP contribution >= 0.6 is 0 Å². The first-order valence-electron chi connectivity index (χ1n) is 5.98. The van der Waals surface area contributed by atoms with Crippen molar-refractivity contribution in [3.63, 3.8) is 0 Å². The summed E-state index contributed by atoms with van der Waals surface area (Å²) in [4.78, 5) is 4.28. The van der Waals surface area contributed by atoms with E-state index in [1.165, 1.54) is 16.6 Å². The zero-order valence-corrected chi connectivity index (χ0v) is 10.2. The largest absolute Gasteiger partial charge is 0.344 e. The van der Waals surface area contributed by atoms with Crippen LogP contribution < -0.4 is 0 Å². The molecule has 1 aromatic carbocycles. The second-order valence-corrected chi connectivity index (χ2v) is 4.27. The summed E-state index contributed by atoms with van der Waals surface area (Å²) in [6, 6.07) is 16.5. The topological polar surface area (TPSA) is 17.8 Å². The first kappa shape index (κ1) is 10.8. The molecule has 0 amide bonds. The van der Waals surface area contributed by atoms with Crippen LogP contribution in [-0.2, 0) is 7.05 Å². The lowest BCUT2D eigenvalue weighted by molar-refractivity contribution is 0.955. The van der Waals surface area contributed by atoms with Crippen LogP contribution in [0.2, 0.25) is 0 Å². The highest BCUT2D eigenvalue weighted by Crippen LogP contribution is 2.19. The van der Waals surface area contributed by atoms with E-state index in [4.69, 9.17) is 0 Å². The van der Waals surface area contributed by atoms with Crippen LogP contribution in [0, 0.1) is 0 Å². The predicted octanol–water partition coefficient (Wildman–Crippen LogP) is 3.74. The van der Waals surface area contributed by atoms with Crippen molar-refractivity contribution in [1.82, 2.24) is 9.55 Å². The first-order chi connectivity index (χ1) is 8.84. The van der Waals surface area contributed by atoms with E-state index < -0.39 is 0 Å². The SMILES string of the molecule is Cn1c(C=Cc2ccccn2)cc2ccccc21. The maximum Gasteiger partial charge on any atom is 0.0630 e. The van der Waals surface area contributed by atoms with Crippen LogP contribution in [0.25, 0.3) is 23.1 Å². The van der Waals surface area contributed by atoms with Crippen LogP contribution in [0.1, 0.15) is 11.4 Å². The molecule has 0 bridgehead atoms. The fourth-order valence-electron chi connectivity index (χ4n) is 2.12. The van der Waals surface area contributed by atoms with Crippen molar-refractivity contribution < 1.29 is 0 Å². The number of aromatic nitrogens is 2. The van der Waals surface area contributed by atoms with Crippen molar-refractivity contribution in [1.29, 1.82) is 0 Å². The number of benzene rings is 1. The fraction of sp³-hybridized carbons (Fsp3) is 0.0625. The Labute approximate surface area is 106 Å². The van der Waals surface area contributed by atoms with Crippen molar-refractivity contribution in [2.24, 2.45) is 7.05 Å². The molecule has 2 heterocycles. The predicted molar refractivity (Wildman–Crippen MR) is 76.1 cm³/mol. The van der Waals surface area contributed by atoms with Crippen LogP contribution in [0.4, 0.5) is 0 Å². The van der Waals surface area contributed by atoms with Crippen molar-refractivity contribution in [3.8, 4) is 0 Å². The lowest BCUT2D eigenvalue weighted by atomic mass is 10.2. The molecule has 2 nitrogen and oxygen atoms in total. The normalized spacial score (nSPS) is 11.4. The van der Waals surface area contributed by atoms with Gasteiger partial charge in [-0.1, -0.05) is 24.3 Å². The third-order valence-electron chi connectivity index (χ3n) is 3.10. The van der Waals surface area contributed by atoms with Gasteiger partial charge in [-0.2, -0.15) is 0 Å². The molecule has 0 atom stereocenters. The Bertz CT molecular complexity index is 693. The molecule has 3 aromatic rings. The summed E-state index contributed by atoms with van der Waals surface area (Å²) in [5.74, 6) is 0. The number of hydrogen-bond acceptors (Lipinski definition) is 1. The summed E-state index contributed by atoms with van der Waals surface area (Å²) < 4.78 is 2.19. The van der Waals surface area contributed by atoms with Crippen LogP contribution in [0.5, 0.6) is 0 Å². The zero-order valence-electron chi connectivity index (χ0n) is 10.2. The molecule has 0 saturated carbocycles.